The molecule has 0 aromatic heterocycles. The molecule has 0 aliphatic heterocycles. The number of ether oxygens (including phenoxy) is 1. The summed E-state index contributed by atoms with van der Waals surface area (Å²) in [4.78, 5) is 0. The average Bonchev–Trinajstić information content (AvgIpc) is 2.37. The molecule has 100 valence electrons. The lowest BCUT2D eigenvalue weighted by Gasteiger charge is -2.10. The number of nitrogens with two attached hydrogens (primary N) is 1. The van der Waals surface area contributed by atoms with Gasteiger partial charge < -0.3 is 10.5 Å². The molecular formula is C16H18ClNO. The number of halogens is 1. The van der Waals surface area contributed by atoms with E-state index in [-0.39, 0.29) is 6.04 Å². The summed E-state index contributed by atoms with van der Waals surface area (Å²) in [5, 5.41) is 0.731. The molecule has 0 saturated heterocycles. The maximum Gasteiger partial charge on any atom is 0.120 e. The Balaban J connectivity index is 2.02. The minimum atomic E-state index is 0.152. The van der Waals surface area contributed by atoms with E-state index < -0.39 is 0 Å². The van der Waals surface area contributed by atoms with Crippen molar-refractivity contribution < 1.29 is 4.74 Å². The molecule has 0 heterocycles. The van der Waals surface area contributed by atoms with Crippen LogP contribution in [0.1, 0.15) is 18.1 Å². The molecule has 0 aliphatic carbocycles. The molecule has 0 radical (unpaired) electrons. The van der Waals surface area contributed by atoms with Gasteiger partial charge in [-0.05, 0) is 37.1 Å². The van der Waals surface area contributed by atoms with Gasteiger partial charge in [0.05, 0.1) is 0 Å². The molecule has 2 N–H and O–H groups in total. The second-order valence-corrected chi connectivity index (χ2v) is 5.12. The standard InChI is InChI=1S/C16H18ClNO/c1-12(18)9-13-5-4-7-15(10-13)19-11-14-6-2-3-8-16(14)17/h2-8,10,12H,9,11,18H2,1H3. The molecule has 2 aromatic rings. The van der Waals surface area contributed by atoms with Crippen LogP contribution in [-0.4, -0.2) is 6.04 Å². The van der Waals surface area contributed by atoms with Crippen LogP contribution in [0.3, 0.4) is 0 Å². The zero-order valence-electron chi connectivity index (χ0n) is 11.0. The van der Waals surface area contributed by atoms with Gasteiger partial charge in [0.2, 0.25) is 0 Å². The predicted octanol–water partition coefficient (Wildman–Crippen LogP) is 3.81. The minimum absolute atomic E-state index is 0.152. The Kier molecular flexibility index (Phi) is 4.83. The third kappa shape index (κ3) is 4.27. The third-order valence-corrected chi connectivity index (χ3v) is 3.18. The van der Waals surface area contributed by atoms with Crippen LogP contribution in [0.25, 0.3) is 0 Å². The topological polar surface area (TPSA) is 35.2 Å². The van der Waals surface area contributed by atoms with E-state index in [1.165, 1.54) is 5.56 Å². The quantitative estimate of drug-likeness (QED) is 0.901. The van der Waals surface area contributed by atoms with Crippen LogP contribution in [0.4, 0.5) is 0 Å². The molecule has 0 spiro atoms. The summed E-state index contributed by atoms with van der Waals surface area (Å²) in [6, 6.07) is 15.9. The van der Waals surface area contributed by atoms with Gasteiger partial charge in [0.25, 0.3) is 0 Å². The normalized spacial score (nSPS) is 12.2. The fourth-order valence-corrected chi connectivity index (χ4v) is 2.10. The number of hydrogen-bond acceptors (Lipinski definition) is 2. The molecule has 1 unspecified atom stereocenters. The molecule has 2 aromatic carbocycles. The van der Waals surface area contributed by atoms with Crippen LogP contribution in [0.2, 0.25) is 5.02 Å². The molecule has 0 bridgehead atoms. The second-order valence-electron chi connectivity index (χ2n) is 4.71. The van der Waals surface area contributed by atoms with Gasteiger partial charge in [-0.3, -0.25) is 0 Å². The average molecular weight is 276 g/mol. The van der Waals surface area contributed by atoms with E-state index in [0.29, 0.717) is 6.61 Å². The van der Waals surface area contributed by atoms with Crippen molar-refractivity contribution in [1.82, 2.24) is 0 Å². The van der Waals surface area contributed by atoms with E-state index in [1.807, 2.05) is 49.4 Å². The van der Waals surface area contributed by atoms with E-state index in [2.05, 4.69) is 6.07 Å². The highest BCUT2D eigenvalue weighted by Crippen LogP contribution is 2.19. The van der Waals surface area contributed by atoms with Gasteiger partial charge in [0, 0.05) is 16.6 Å². The third-order valence-electron chi connectivity index (χ3n) is 2.81. The fourth-order valence-electron chi connectivity index (χ4n) is 1.91. The molecule has 0 aliphatic rings. The first-order valence-corrected chi connectivity index (χ1v) is 6.73. The van der Waals surface area contributed by atoms with Gasteiger partial charge in [0.1, 0.15) is 12.4 Å². The molecule has 1 atom stereocenters. The van der Waals surface area contributed by atoms with Crippen molar-refractivity contribution in [2.24, 2.45) is 5.73 Å². The molecule has 0 fully saturated rings. The first-order chi connectivity index (χ1) is 9.15. The van der Waals surface area contributed by atoms with Crippen LogP contribution in [0, 0.1) is 0 Å². The molecule has 2 rings (SSSR count). The summed E-state index contributed by atoms with van der Waals surface area (Å²) in [6.07, 6.45) is 0.850. The zero-order chi connectivity index (χ0) is 13.7. The number of benzene rings is 2. The molecule has 0 amide bonds. The Hall–Kier alpha value is -1.51. The Morgan fingerprint density at radius 1 is 1.16 bits per heavy atom. The monoisotopic (exact) mass is 275 g/mol. The van der Waals surface area contributed by atoms with Crippen LogP contribution >= 0.6 is 11.6 Å². The molecule has 2 nitrogen and oxygen atoms in total. The lowest BCUT2D eigenvalue weighted by molar-refractivity contribution is 0.306. The predicted molar refractivity (Wildman–Crippen MR) is 79.6 cm³/mol. The Bertz CT molecular complexity index is 540. The van der Waals surface area contributed by atoms with Gasteiger partial charge in [0.15, 0.2) is 0 Å². The van der Waals surface area contributed by atoms with Gasteiger partial charge in [-0.15, -0.1) is 0 Å². The highest BCUT2D eigenvalue weighted by Gasteiger charge is 2.02. The lowest BCUT2D eigenvalue weighted by atomic mass is 10.1. The lowest BCUT2D eigenvalue weighted by Crippen LogP contribution is -2.17. The summed E-state index contributed by atoms with van der Waals surface area (Å²) in [5.74, 6) is 0.845. The fraction of sp³-hybridized carbons (Fsp3) is 0.250. The first-order valence-electron chi connectivity index (χ1n) is 6.36. The summed E-state index contributed by atoms with van der Waals surface area (Å²) < 4.78 is 5.77. The van der Waals surface area contributed by atoms with Crippen LogP contribution in [0.15, 0.2) is 48.5 Å². The molecule has 0 saturated carbocycles. The highest BCUT2D eigenvalue weighted by molar-refractivity contribution is 6.31. The Morgan fingerprint density at radius 3 is 2.68 bits per heavy atom. The van der Waals surface area contributed by atoms with Crippen molar-refractivity contribution in [3.8, 4) is 5.75 Å². The Labute approximate surface area is 119 Å². The maximum atomic E-state index is 6.09. The van der Waals surface area contributed by atoms with E-state index >= 15 is 0 Å². The van der Waals surface area contributed by atoms with Crippen molar-refractivity contribution in [2.45, 2.75) is 26.0 Å². The summed E-state index contributed by atoms with van der Waals surface area (Å²) in [7, 11) is 0. The smallest absolute Gasteiger partial charge is 0.120 e. The Morgan fingerprint density at radius 2 is 1.95 bits per heavy atom. The SMILES string of the molecule is CC(N)Cc1cccc(OCc2ccccc2Cl)c1. The number of rotatable bonds is 5. The van der Waals surface area contributed by atoms with E-state index in [1.54, 1.807) is 0 Å². The summed E-state index contributed by atoms with van der Waals surface area (Å²) in [5.41, 5.74) is 7.98. The van der Waals surface area contributed by atoms with Gasteiger partial charge in [-0.2, -0.15) is 0 Å². The van der Waals surface area contributed by atoms with Crippen LogP contribution in [-0.2, 0) is 13.0 Å². The van der Waals surface area contributed by atoms with Gasteiger partial charge in [-0.1, -0.05) is 41.9 Å². The van der Waals surface area contributed by atoms with Crippen molar-refractivity contribution >= 4 is 11.6 Å². The molecular weight excluding hydrogens is 258 g/mol. The van der Waals surface area contributed by atoms with Crippen molar-refractivity contribution in [1.29, 1.82) is 0 Å². The van der Waals surface area contributed by atoms with E-state index in [9.17, 15) is 0 Å². The highest BCUT2D eigenvalue weighted by atomic mass is 35.5. The van der Waals surface area contributed by atoms with Crippen LogP contribution in [0.5, 0.6) is 5.75 Å². The van der Waals surface area contributed by atoms with E-state index in [0.717, 1.165) is 22.8 Å². The van der Waals surface area contributed by atoms with Crippen molar-refractivity contribution in [2.75, 3.05) is 0 Å². The summed E-state index contributed by atoms with van der Waals surface area (Å²) in [6.45, 7) is 2.47. The summed E-state index contributed by atoms with van der Waals surface area (Å²) >= 11 is 6.09. The number of hydrogen-bond donors (Lipinski definition) is 1. The van der Waals surface area contributed by atoms with Crippen molar-refractivity contribution in [3.05, 3.63) is 64.7 Å². The van der Waals surface area contributed by atoms with Gasteiger partial charge in [-0.25, -0.2) is 0 Å². The first kappa shape index (κ1) is 13.9. The second kappa shape index (κ2) is 6.60. The molecule has 3 heteroatoms. The largest absolute Gasteiger partial charge is 0.489 e. The minimum Gasteiger partial charge on any atom is -0.489 e. The van der Waals surface area contributed by atoms with Gasteiger partial charge >= 0.3 is 0 Å². The van der Waals surface area contributed by atoms with E-state index in [4.69, 9.17) is 22.1 Å². The van der Waals surface area contributed by atoms with Crippen molar-refractivity contribution in [3.63, 3.8) is 0 Å². The maximum absolute atomic E-state index is 6.09. The zero-order valence-corrected chi connectivity index (χ0v) is 11.7. The molecule has 19 heavy (non-hydrogen) atoms. The van der Waals surface area contributed by atoms with Crippen LogP contribution < -0.4 is 10.5 Å².